The molecular weight excluding hydrogens is 277 g/mol. The summed E-state index contributed by atoms with van der Waals surface area (Å²) in [6.07, 6.45) is 5.09. The van der Waals surface area contributed by atoms with Crippen LogP contribution in [-0.4, -0.2) is 13.1 Å². The quantitative estimate of drug-likeness (QED) is 0.759. The van der Waals surface area contributed by atoms with Crippen LogP contribution in [0.25, 0.3) is 0 Å². The molecule has 0 amide bonds. The SMILES string of the molecule is NCC(NCC(C1CC1)C1CC1)c1cc(F)c(F)cc1F. The third-order valence-corrected chi connectivity index (χ3v) is 4.71. The molecule has 0 spiro atoms. The van der Waals surface area contributed by atoms with E-state index < -0.39 is 23.5 Å². The Morgan fingerprint density at radius 1 is 1.00 bits per heavy atom. The van der Waals surface area contributed by atoms with E-state index in [2.05, 4.69) is 5.32 Å². The molecule has 1 atom stereocenters. The Morgan fingerprint density at radius 3 is 2.10 bits per heavy atom. The van der Waals surface area contributed by atoms with E-state index in [0.29, 0.717) is 12.0 Å². The average Bonchev–Trinajstić information content (AvgIpc) is 3.33. The first-order valence-corrected chi connectivity index (χ1v) is 7.68. The van der Waals surface area contributed by atoms with Crippen molar-refractivity contribution in [2.75, 3.05) is 13.1 Å². The second-order valence-corrected chi connectivity index (χ2v) is 6.32. The lowest BCUT2D eigenvalue weighted by molar-refractivity contribution is 0.353. The van der Waals surface area contributed by atoms with Gasteiger partial charge in [-0.15, -0.1) is 0 Å². The molecular formula is C16H21F3N2. The zero-order chi connectivity index (χ0) is 15.0. The van der Waals surface area contributed by atoms with Crippen molar-refractivity contribution in [1.82, 2.24) is 5.32 Å². The summed E-state index contributed by atoms with van der Waals surface area (Å²) >= 11 is 0. The molecule has 0 heterocycles. The van der Waals surface area contributed by atoms with Gasteiger partial charge in [-0.3, -0.25) is 0 Å². The predicted molar refractivity (Wildman–Crippen MR) is 75.1 cm³/mol. The van der Waals surface area contributed by atoms with Gasteiger partial charge in [-0.2, -0.15) is 0 Å². The van der Waals surface area contributed by atoms with Crippen LogP contribution in [0.4, 0.5) is 13.2 Å². The third-order valence-electron chi connectivity index (χ3n) is 4.71. The highest BCUT2D eigenvalue weighted by atomic mass is 19.2. The molecule has 21 heavy (non-hydrogen) atoms. The molecule has 116 valence electrons. The van der Waals surface area contributed by atoms with Crippen molar-refractivity contribution in [3.8, 4) is 0 Å². The van der Waals surface area contributed by atoms with E-state index in [4.69, 9.17) is 5.73 Å². The minimum atomic E-state index is -1.17. The summed E-state index contributed by atoms with van der Waals surface area (Å²) in [6, 6.07) is 1.03. The molecule has 1 unspecified atom stereocenters. The third kappa shape index (κ3) is 3.40. The summed E-state index contributed by atoms with van der Waals surface area (Å²) in [7, 11) is 0. The van der Waals surface area contributed by atoms with E-state index in [9.17, 15) is 13.2 Å². The molecule has 1 aromatic rings. The van der Waals surface area contributed by atoms with Crippen LogP contribution >= 0.6 is 0 Å². The monoisotopic (exact) mass is 298 g/mol. The van der Waals surface area contributed by atoms with Crippen LogP contribution in [0, 0.1) is 35.2 Å². The Balaban J connectivity index is 1.68. The van der Waals surface area contributed by atoms with E-state index >= 15 is 0 Å². The summed E-state index contributed by atoms with van der Waals surface area (Å²) in [5.41, 5.74) is 5.80. The maximum absolute atomic E-state index is 13.8. The zero-order valence-electron chi connectivity index (χ0n) is 11.9. The highest BCUT2D eigenvalue weighted by Crippen LogP contribution is 2.49. The number of hydrogen-bond acceptors (Lipinski definition) is 2. The van der Waals surface area contributed by atoms with Crippen molar-refractivity contribution in [1.29, 1.82) is 0 Å². The summed E-state index contributed by atoms with van der Waals surface area (Å²) in [5.74, 6) is -0.774. The standard InChI is InChI=1S/C16H21F3N2/c17-13-6-15(19)14(18)5-11(13)16(7-20)21-8-12(9-1-2-9)10-3-4-10/h5-6,9-10,12,16,21H,1-4,7-8,20H2. The molecule has 1 aromatic carbocycles. The Morgan fingerprint density at radius 2 is 1.57 bits per heavy atom. The number of halogens is 3. The molecule has 0 saturated heterocycles. The van der Waals surface area contributed by atoms with Gasteiger partial charge in [0.15, 0.2) is 11.6 Å². The van der Waals surface area contributed by atoms with Crippen LogP contribution in [0.15, 0.2) is 12.1 Å². The lowest BCUT2D eigenvalue weighted by Crippen LogP contribution is -2.34. The van der Waals surface area contributed by atoms with Gasteiger partial charge < -0.3 is 11.1 Å². The minimum absolute atomic E-state index is 0.113. The van der Waals surface area contributed by atoms with Crippen molar-refractivity contribution in [2.24, 2.45) is 23.5 Å². The Bertz CT molecular complexity index is 500. The largest absolute Gasteiger partial charge is 0.329 e. The normalized spacial score (nSPS) is 20.0. The molecule has 2 saturated carbocycles. The molecule has 2 nitrogen and oxygen atoms in total. The lowest BCUT2D eigenvalue weighted by Gasteiger charge is -2.23. The van der Waals surface area contributed by atoms with Crippen LogP contribution in [0.2, 0.25) is 0 Å². The predicted octanol–water partition coefficient (Wildman–Crippen LogP) is 3.13. The van der Waals surface area contributed by atoms with Gasteiger partial charge in [0.25, 0.3) is 0 Å². The zero-order valence-corrected chi connectivity index (χ0v) is 11.9. The smallest absolute Gasteiger partial charge is 0.161 e. The van der Waals surface area contributed by atoms with Gasteiger partial charge in [-0.1, -0.05) is 0 Å². The van der Waals surface area contributed by atoms with Crippen molar-refractivity contribution in [3.05, 3.63) is 35.1 Å². The van der Waals surface area contributed by atoms with Crippen LogP contribution in [0.5, 0.6) is 0 Å². The first-order valence-electron chi connectivity index (χ1n) is 7.68. The molecule has 3 rings (SSSR count). The van der Waals surface area contributed by atoms with E-state index in [-0.39, 0.29) is 12.1 Å². The van der Waals surface area contributed by atoms with Gasteiger partial charge in [-0.05, 0) is 56.0 Å². The summed E-state index contributed by atoms with van der Waals surface area (Å²) in [5, 5.41) is 3.26. The second kappa shape index (κ2) is 5.97. The second-order valence-electron chi connectivity index (χ2n) is 6.32. The lowest BCUT2D eigenvalue weighted by atomic mass is 9.96. The number of benzene rings is 1. The van der Waals surface area contributed by atoms with Crippen molar-refractivity contribution in [3.63, 3.8) is 0 Å². The van der Waals surface area contributed by atoms with E-state index in [1.165, 1.54) is 25.7 Å². The number of hydrogen-bond donors (Lipinski definition) is 2. The molecule has 2 aliphatic carbocycles. The molecule has 0 aliphatic heterocycles. The summed E-state index contributed by atoms with van der Waals surface area (Å²) < 4.78 is 40.2. The fourth-order valence-electron chi connectivity index (χ4n) is 3.17. The fraction of sp³-hybridized carbons (Fsp3) is 0.625. The van der Waals surface area contributed by atoms with Gasteiger partial charge in [0, 0.05) is 24.2 Å². The Labute approximate surface area is 122 Å². The molecule has 5 heteroatoms. The molecule has 3 N–H and O–H groups in total. The highest BCUT2D eigenvalue weighted by Gasteiger charge is 2.41. The first kappa shape index (κ1) is 14.9. The maximum Gasteiger partial charge on any atom is 0.161 e. The van der Waals surface area contributed by atoms with Crippen LogP contribution in [-0.2, 0) is 0 Å². The van der Waals surface area contributed by atoms with Crippen LogP contribution in [0.1, 0.15) is 37.3 Å². The van der Waals surface area contributed by atoms with E-state index in [1.807, 2.05) is 0 Å². The van der Waals surface area contributed by atoms with E-state index in [0.717, 1.165) is 24.4 Å². The van der Waals surface area contributed by atoms with Gasteiger partial charge in [-0.25, -0.2) is 13.2 Å². The van der Waals surface area contributed by atoms with Crippen molar-refractivity contribution < 1.29 is 13.2 Å². The minimum Gasteiger partial charge on any atom is -0.329 e. The Hall–Kier alpha value is -1.07. The van der Waals surface area contributed by atoms with Crippen molar-refractivity contribution in [2.45, 2.75) is 31.7 Å². The van der Waals surface area contributed by atoms with Crippen LogP contribution < -0.4 is 11.1 Å². The molecule has 0 radical (unpaired) electrons. The molecule has 0 aromatic heterocycles. The fourth-order valence-corrected chi connectivity index (χ4v) is 3.17. The maximum atomic E-state index is 13.8. The van der Waals surface area contributed by atoms with Gasteiger partial charge >= 0.3 is 0 Å². The number of rotatable bonds is 7. The van der Waals surface area contributed by atoms with Gasteiger partial charge in [0.2, 0.25) is 0 Å². The topological polar surface area (TPSA) is 38.0 Å². The van der Waals surface area contributed by atoms with Crippen molar-refractivity contribution >= 4 is 0 Å². The molecule has 2 aliphatic rings. The van der Waals surface area contributed by atoms with E-state index in [1.54, 1.807) is 0 Å². The summed E-state index contributed by atoms with van der Waals surface area (Å²) in [6.45, 7) is 0.930. The highest BCUT2D eigenvalue weighted by molar-refractivity contribution is 5.24. The Kier molecular flexibility index (Phi) is 4.22. The number of nitrogens with one attached hydrogen (secondary N) is 1. The van der Waals surface area contributed by atoms with Gasteiger partial charge in [0.05, 0.1) is 0 Å². The van der Waals surface area contributed by atoms with Crippen LogP contribution in [0.3, 0.4) is 0 Å². The first-order chi connectivity index (χ1) is 10.1. The average molecular weight is 298 g/mol. The summed E-state index contributed by atoms with van der Waals surface area (Å²) in [4.78, 5) is 0. The van der Waals surface area contributed by atoms with Gasteiger partial charge in [0.1, 0.15) is 5.82 Å². The molecule has 2 fully saturated rings. The molecule has 0 bridgehead atoms. The number of nitrogens with two attached hydrogens (primary N) is 1.